The maximum absolute atomic E-state index is 13.5. The van der Waals surface area contributed by atoms with E-state index < -0.39 is 0 Å². The van der Waals surface area contributed by atoms with Gasteiger partial charge in [-0.2, -0.15) is 0 Å². The molecule has 3 nitrogen and oxygen atoms in total. The van der Waals surface area contributed by atoms with Gasteiger partial charge in [0, 0.05) is 23.3 Å². The van der Waals surface area contributed by atoms with Gasteiger partial charge in [-0.25, -0.2) is 0 Å². The quantitative estimate of drug-likeness (QED) is 0.457. The van der Waals surface area contributed by atoms with Crippen LogP contribution in [0.1, 0.15) is 84.5 Å². The molecule has 3 rings (SSSR count). The van der Waals surface area contributed by atoms with Crippen molar-refractivity contribution in [2.24, 2.45) is 17.8 Å². The summed E-state index contributed by atoms with van der Waals surface area (Å²) >= 11 is 1.37. The Hall–Kier alpha value is -1.29. The molecule has 2 aliphatic carbocycles. The molecular formula is C25H37NO2S. The van der Waals surface area contributed by atoms with Crippen molar-refractivity contribution >= 4 is 28.5 Å². The molecule has 0 atom stereocenters. The number of thioether (sulfide) groups is 1. The smallest absolute Gasteiger partial charge is 0.230 e. The van der Waals surface area contributed by atoms with Gasteiger partial charge in [-0.15, -0.1) is 0 Å². The van der Waals surface area contributed by atoms with Crippen LogP contribution in [-0.4, -0.2) is 17.6 Å². The molecule has 1 amide bonds. The molecule has 0 radical (unpaired) electrons. The van der Waals surface area contributed by atoms with Crippen LogP contribution in [0.2, 0.25) is 0 Å². The maximum atomic E-state index is 13.5. The summed E-state index contributed by atoms with van der Waals surface area (Å²) in [6, 6.07) is 8.06. The Bertz CT molecular complexity index is 675. The van der Waals surface area contributed by atoms with Gasteiger partial charge in [0.25, 0.3) is 0 Å². The zero-order valence-electron chi connectivity index (χ0n) is 18.2. The Kier molecular flexibility index (Phi) is 8.65. The molecular weight excluding hydrogens is 378 g/mol. The van der Waals surface area contributed by atoms with E-state index in [1.807, 2.05) is 29.2 Å². The van der Waals surface area contributed by atoms with Gasteiger partial charge in [-0.05, 0) is 61.9 Å². The van der Waals surface area contributed by atoms with E-state index in [-0.39, 0.29) is 22.9 Å². The fourth-order valence-corrected chi connectivity index (χ4v) is 5.65. The van der Waals surface area contributed by atoms with E-state index >= 15 is 0 Å². The molecule has 0 N–H and O–H groups in total. The van der Waals surface area contributed by atoms with E-state index in [1.54, 1.807) is 0 Å². The first kappa shape index (κ1) is 22.4. The Morgan fingerprint density at radius 2 is 1.52 bits per heavy atom. The molecule has 0 saturated heterocycles. The van der Waals surface area contributed by atoms with Crippen molar-refractivity contribution in [2.45, 2.75) is 89.4 Å². The highest BCUT2D eigenvalue weighted by Gasteiger charge is 2.29. The van der Waals surface area contributed by atoms with Crippen LogP contribution in [0.25, 0.3) is 0 Å². The molecule has 2 aliphatic rings. The van der Waals surface area contributed by atoms with Crippen molar-refractivity contribution in [3.8, 4) is 0 Å². The summed E-state index contributed by atoms with van der Waals surface area (Å²) in [6.45, 7) is 5.15. The van der Waals surface area contributed by atoms with Crippen LogP contribution in [-0.2, 0) is 9.59 Å². The first-order valence-corrected chi connectivity index (χ1v) is 12.5. The molecule has 0 unspecified atom stereocenters. The zero-order chi connectivity index (χ0) is 20.6. The lowest BCUT2D eigenvalue weighted by molar-refractivity contribution is -0.123. The fourth-order valence-electron chi connectivity index (χ4n) is 4.60. The van der Waals surface area contributed by atoms with Crippen molar-refractivity contribution in [3.05, 3.63) is 24.3 Å². The number of carbonyl (C=O) groups excluding carboxylic acids is 2. The van der Waals surface area contributed by atoms with Gasteiger partial charge in [-0.3, -0.25) is 9.59 Å². The van der Waals surface area contributed by atoms with E-state index in [1.165, 1.54) is 37.4 Å². The summed E-state index contributed by atoms with van der Waals surface area (Å²) in [5.41, 5.74) is 0.942. The van der Waals surface area contributed by atoms with Crippen molar-refractivity contribution in [3.63, 3.8) is 0 Å². The molecule has 4 heteroatoms. The standard InChI is InChI=1S/C25H37NO2S/c1-19(2)17-18-26(24(27)20-11-5-3-6-12-20)22-15-9-10-16-23(22)29-25(28)21-13-7-4-8-14-21/h9-10,15-16,19-21H,3-8,11-14,17-18H2,1-2H3. The summed E-state index contributed by atoms with van der Waals surface area (Å²) < 4.78 is 0. The minimum atomic E-state index is 0.142. The second kappa shape index (κ2) is 11.2. The Labute approximate surface area is 181 Å². The van der Waals surface area contributed by atoms with Gasteiger partial charge in [0.15, 0.2) is 5.12 Å². The Morgan fingerprint density at radius 3 is 2.14 bits per heavy atom. The lowest BCUT2D eigenvalue weighted by atomic mass is 9.88. The van der Waals surface area contributed by atoms with Gasteiger partial charge < -0.3 is 4.90 Å². The van der Waals surface area contributed by atoms with Crippen LogP contribution in [0.3, 0.4) is 0 Å². The van der Waals surface area contributed by atoms with Crippen LogP contribution in [0.4, 0.5) is 5.69 Å². The molecule has 0 aliphatic heterocycles. The predicted molar refractivity (Wildman–Crippen MR) is 122 cm³/mol. The van der Waals surface area contributed by atoms with E-state index in [0.717, 1.165) is 62.1 Å². The third-order valence-electron chi connectivity index (χ3n) is 6.46. The molecule has 0 heterocycles. The summed E-state index contributed by atoms with van der Waals surface area (Å²) in [5, 5.41) is 0.283. The number of nitrogens with zero attached hydrogens (tertiary/aromatic N) is 1. The first-order chi connectivity index (χ1) is 14.1. The average Bonchev–Trinajstić information content (AvgIpc) is 2.75. The van der Waals surface area contributed by atoms with E-state index in [4.69, 9.17) is 0 Å². The number of amides is 1. The fraction of sp³-hybridized carbons (Fsp3) is 0.680. The Balaban J connectivity index is 1.80. The molecule has 1 aromatic carbocycles. The minimum absolute atomic E-state index is 0.142. The third-order valence-corrected chi connectivity index (χ3v) is 7.56. The second-order valence-corrected chi connectivity index (χ2v) is 10.3. The highest BCUT2D eigenvalue weighted by atomic mass is 32.2. The minimum Gasteiger partial charge on any atom is -0.311 e. The molecule has 160 valence electrons. The third kappa shape index (κ3) is 6.34. The maximum Gasteiger partial charge on any atom is 0.230 e. The van der Waals surface area contributed by atoms with Crippen molar-refractivity contribution < 1.29 is 9.59 Å². The van der Waals surface area contributed by atoms with E-state index in [0.29, 0.717) is 5.92 Å². The summed E-state index contributed by atoms with van der Waals surface area (Å²) in [5.74, 6) is 1.13. The number of hydrogen-bond donors (Lipinski definition) is 0. The molecule has 0 bridgehead atoms. The SMILES string of the molecule is CC(C)CCN(C(=O)C1CCCCC1)c1ccccc1SC(=O)C1CCCCC1. The van der Waals surface area contributed by atoms with Crippen LogP contribution in [0.15, 0.2) is 29.2 Å². The topological polar surface area (TPSA) is 37.4 Å². The highest BCUT2D eigenvalue weighted by molar-refractivity contribution is 8.13. The van der Waals surface area contributed by atoms with E-state index in [2.05, 4.69) is 13.8 Å². The van der Waals surface area contributed by atoms with Gasteiger partial charge in [0.1, 0.15) is 0 Å². The normalized spacial score (nSPS) is 18.7. The zero-order valence-corrected chi connectivity index (χ0v) is 19.0. The van der Waals surface area contributed by atoms with E-state index in [9.17, 15) is 9.59 Å². The number of hydrogen-bond acceptors (Lipinski definition) is 3. The summed E-state index contributed by atoms with van der Waals surface area (Å²) in [4.78, 5) is 29.4. The average molecular weight is 416 g/mol. The lowest BCUT2D eigenvalue weighted by Crippen LogP contribution is -2.38. The number of benzene rings is 1. The van der Waals surface area contributed by atoms with Crippen molar-refractivity contribution in [1.82, 2.24) is 0 Å². The van der Waals surface area contributed by atoms with Crippen molar-refractivity contribution in [2.75, 3.05) is 11.4 Å². The molecule has 0 spiro atoms. The summed E-state index contributed by atoms with van der Waals surface area (Å²) in [7, 11) is 0. The molecule has 1 aromatic rings. The molecule has 2 fully saturated rings. The summed E-state index contributed by atoms with van der Waals surface area (Å²) in [6.07, 6.45) is 12.2. The monoisotopic (exact) mass is 415 g/mol. The highest BCUT2D eigenvalue weighted by Crippen LogP contribution is 2.37. The second-order valence-electron chi connectivity index (χ2n) is 9.23. The van der Waals surface area contributed by atoms with Gasteiger partial charge in [0.2, 0.25) is 5.91 Å². The van der Waals surface area contributed by atoms with Crippen molar-refractivity contribution in [1.29, 1.82) is 0 Å². The molecule has 2 saturated carbocycles. The van der Waals surface area contributed by atoms with Crippen LogP contribution < -0.4 is 4.90 Å². The number of para-hydroxylation sites is 1. The van der Waals surface area contributed by atoms with Crippen LogP contribution in [0.5, 0.6) is 0 Å². The van der Waals surface area contributed by atoms with Crippen LogP contribution in [0, 0.1) is 17.8 Å². The lowest BCUT2D eigenvalue weighted by Gasteiger charge is -2.31. The van der Waals surface area contributed by atoms with Gasteiger partial charge in [0.05, 0.1) is 5.69 Å². The number of anilines is 1. The van der Waals surface area contributed by atoms with Crippen LogP contribution >= 0.6 is 11.8 Å². The predicted octanol–water partition coefficient (Wildman–Crippen LogP) is 6.85. The molecule has 0 aromatic heterocycles. The molecule has 29 heavy (non-hydrogen) atoms. The number of rotatable bonds is 7. The largest absolute Gasteiger partial charge is 0.311 e. The first-order valence-electron chi connectivity index (χ1n) is 11.7. The number of carbonyl (C=O) groups is 2. The van der Waals surface area contributed by atoms with Gasteiger partial charge >= 0.3 is 0 Å². The Morgan fingerprint density at radius 1 is 0.931 bits per heavy atom. The van der Waals surface area contributed by atoms with Gasteiger partial charge in [-0.1, -0.05) is 64.5 Å².